The minimum Gasteiger partial charge on any atom is -0.493 e. The number of ether oxygens (including phenoxy) is 2. The summed E-state index contributed by atoms with van der Waals surface area (Å²) in [6.45, 7) is 1.88. The van der Waals surface area contributed by atoms with Gasteiger partial charge in [0.1, 0.15) is 10.4 Å². The van der Waals surface area contributed by atoms with Gasteiger partial charge in [-0.3, -0.25) is 19.3 Å². The Labute approximate surface area is 195 Å². The van der Waals surface area contributed by atoms with E-state index in [2.05, 4.69) is 0 Å². The van der Waals surface area contributed by atoms with Crippen LogP contribution in [0.3, 0.4) is 0 Å². The van der Waals surface area contributed by atoms with Gasteiger partial charge in [0.2, 0.25) is 5.91 Å². The van der Waals surface area contributed by atoms with Crippen molar-refractivity contribution in [3.63, 3.8) is 0 Å². The molecular formula is C23H20N2O5S2. The van der Waals surface area contributed by atoms with Crippen molar-refractivity contribution >= 4 is 57.8 Å². The molecule has 1 atom stereocenters. The summed E-state index contributed by atoms with van der Waals surface area (Å²) in [6.07, 6.45) is 1.57. The Balaban J connectivity index is 1.60. The van der Waals surface area contributed by atoms with Crippen LogP contribution in [0.2, 0.25) is 0 Å². The smallest absolute Gasteiger partial charge is 0.266 e. The lowest BCUT2D eigenvalue weighted by Crippen LogP contribution is -2.44. The van der Waals surface area contributed by atoms with Crippen LogP contribution >= 0.6 is 24.0 Å². The molecule has 2 aliphatic heterocycles. The first-order valence-corrected chi connectivity index (χ1v) is 11.0. The fourth-order valence-corrected chi connectivity index (χ4v) is 5.06. The highest BCUT2D eigenvalue weighted by molar-refractivity contribution is 8.26. The van der Waals surface area contributed by atoms with Crippen LogP contribution in [0.5, 0.6) is 11.5 Å². The molecule has 2 aliphatic rings. The average molecular weight is 469 g/mol. The normalized spacial score (nSPS) is 20.0. The Hall–Kier alpha value is -3.17. The molecule has 3 amide bonds. The summed E-state index contributed by atoms with van der Waals surface area (Å²) in [6, 6.07) is 11.5. The average Bonchev–Trinajstić information content (AvgIpc) is 3.21. The Morgan fingerprint density at radius 2 is 1.81 bits per heavy atom. The maximum atomic E-state index is 13.1. The molecule has 9 heteroatoms. The van der Waals surface area contributed by atoms with E-state index in [4.69, 9.17) is 21.7 Å². The van der Waals surface area contributed by atoms with Crippen LogP contribution in [0.25, 0.3) is 6.08 Å². The number of carbonyl (C=O) groups is 3. The van der Waals surface area contributed by atoms with Crippen molar-refractivity contribution in [2.45, 2.75) is 19.4 Å². The predicted octanol–water partition coefficient (Wildman–Crippen LogP) is 3.55. The van der Waals surface area contributed by atoms with Gasteiger partial charge in [0, 0.05) is 0 Å². The molecule has 0 N–H and O–H groups in total. The zero-order valence-corrected chi connectivity index (χ0v) is 19.3. The fraction of sp³-hybridized carbons (Fsp3) is 0.217. The van der Waals surface area contributed by atoms with Crippen LogP contribution in [0.4, 0.5) is 5.69 Å². The molecule has 0 bridgehead atoms. The number of anilines is 1. The van der Waals surface area contributed by atoms with E-state index in [1.807, 2.05) is 13.0 Å². The summed E-state index contributed by atoms with van der Waals surface area (Å²) in [5.41, 5.74) is 2.14. The first kappa shape index (κ1) is 22.0. The van der Waals surface area contributed by atoms with Crippen LogP contribution in [-0.2, 0) is 14.4 Å². The standard InChI is InChI=1S/C23H20N2O5S2/c1-13-5-4-6-15(9-13)24-20(26)12-16(21(24)27)25-22(28)19(32-23(25)31)11-14-7-8-17(29-2)18(10-14)30-3/h4-11,16H,12H2,1-3H3/b19-11-. The highest BCUT2D eigenvalue weighted by atomic mass is 32.2. The van der Waals surface area contributed by atoms with Gasteiger partial charge in [0.15, 0.2) is 11.5 Å². The van der Waals surface area contributed by atoms with Crippen molar-refractivity contribution in [1.82, 2.24) is 4.90 Å². The largest absolute Gasteiger partial charge is 0.493 e. The second kappa shape index (κ2) is 8.76. The fourth-order valence-electron chi connectivity index (χ4n) is 3.70. The lowest BCUT2D eigenvalue weighted by Gasteiger charge is -2.21. The first-order valence-electron chi connectivity index (χ1n) is 9.76. The monoisotopic (exact) mass is 468 g/mol. The van der Waals surface area contributed by atoms with Gasteiger partial charge in [-0.15, -0.1) is 0 Å². The quantitative estimate of drug-likeness (QED) is 0.377. The summed E-state index contributed by atoms with van der Waals surface area (Å²) < 4.78 is 10.8. The molecule has 164 valence electrons. The van der Waals surface area contributed by atoms with Crippen molar-refractivity contribution in [3.8, 4) is 11.5 Å². The Bertz CT molecular complexity index is 1180. The Kier molecular flexibility index (Phi) is 6.03. The molecule has 2 aromatic rings. The van der Waals surface area contributed by atoms with Crippen molar-refractivity contribution in [2.24, 2.45) is 0 Å². The number of carbonyl (C=O) groups excluding carboxylic acids is 3. The van der Waals surface area contributed by atoms with E-state index in [1.54, 1.807) is 49.6 Å². The third-order valence-electron chi connectivity index (χ3n) is 5.22. The lowest BCUT2D eigenvalue weighted by molar-refractivity contribution is -0.129. The van der Waals surface area contributed by atoms with Crippen molar-refractivity contribution < 1.29 is 23.9 Å². The minimum absolute atomic E-state index is 0.108. The number of rotatable bonds is 5. The molecule has 0 saturated carbocycles. The van der Waals surface area contributed by atoms with Crippen LogP contribution in [-0.4, -0.2) is 47.2 Å². The molecule has 4 rings (SSSR count). The van der Waals surface area contributed by atoms with Crippen LogP contribution in [0.15, 0.2) is 47.4 Å². The second-order valence-electron chi connectivity index (χ2n) is 7.29. The van der Waals surface area contributed by atoms with E-state index in [9.17, 15) is 14.4 Å². The van der Waals surface area contributed by atoms with Gasteiger partial charge in [-0.25, -0.2) is 4.90 Å². The number of hydrogen-bond donors (Lipinski definition) is 0. The van der Waals surface area contributed by atoms with Gasteiger partial charge in [0.25, 0.3) is 11.8 Å². The number of aryl methyl sites for hydroxylation is 1. The van der Waals surface area contributed by atoms with Gasteiger partial charge >= 0.3 is 0 Å². The molecule has 2 fully saturated rings. The van der Waals surface area contributed by atoms with Crippen LogP contribution in [0.1, 0.15) is 17.5 Å². The molecule has 2 saturated heterocycles. The SMILES string of the molecule is COc1ccc(/C=C2\SC(=S)N(C3CC(=O)N(c4cccc(C)c4)C3=O)C2=O)cc1OC. The number of hydrogen-bond acceptors (Lipinski definition) is 7. The summed E-state index contributed by atoms with van der Waals surface area (Å²) in [5.74, 6) is -0.106. The second-order valence-corrected chi connectivity index (χ2v) is 8.97. The summed E-state index contributed by atoms with van der Waals surface area (Å²) >= 11 is 6.51. The van der Waals surface area contributed by atoms with E-state index in [1.165, 1.54) is 12.0 Å². The maximum absolute atomic E-state index is 13.1. The van der Waals surface area contributed by atoms with Gasteiger partial charge in [-0.2, -0.15) is 0 Å². The maximum Gasteiger partial charge on any atom is 0.266 e. The number of thiocarbonyl (C=S) groups is 1. The number of benzene rings is 2. The van der Waals surface area contributed by atoms with Gasteiger partial charge < -0.3 is 9.47 Å². The molecule has 0 radical (unpaired) electrons. The van der Waals surface area contributed by atoms with Crippen molar-refractivity contribution in [1.29, 1.82) is 0 Å². The molecule has 1 unspecified atom stereocenters. The molecule has 7 nitrogen and oxygen atoms in total. The highest BCUT2D eigenvalue weighted by Gasteiger charge is 2.48. The van der Waals surface area contributed by atoms with Gasteiger partial charge in [-0.1, -0.05) is 42.2 Å². The highest BCUT2D eigenvalue weighted by Crippen LogP contribution is 2.38. The number of thioether (sulfide) groups is 1. The van der Waals surface area contributed by atoms with Gasteiger partial charge in [0.05, 0.1) is 31.2 Å². The molecule has 0 aliphatic carbocycles. The van der Waals surface area contributed by atoms with E-state index in [-0.39, 0.29) is 16.6 Å². The molecular weight excluding hydrogens is 448 g/mol. The van der Waals surface area contributed by atoms with E-state index in [0.29, 0.717) is 22.1 Å². The summed E-state index contributed by atoms with van der Waals surface area (Å²) in [7, 11) is 3.08. The van der Waals surface area contributed by atoms with Gasteiger partial charge in [-0.05, 0) is 48.4 Å². The van der Waals surface area contributed by atoms with Crippen LogP contribution in [0, 0.1) is 6.92 Å². The number of amides is 3. The van der Waals surface area contributed by atoms with Crippen LogP contribution < -0.4 is 14.4 Å². The Morgan fingerprint density at radius 1 is 1.06 bits per heavy atom. The topological polar surface area (TPSA) is 76.2 Å². The third kappa shape index (κ3) is 3.89. The van der Waals surface area contributed by atoms with E-state index >= 15 is 0 Å². The van der Waals surface area contributed by atoms with E-state index < -0.39 is 17.9 Å². The molecule has 32 heavy (non-hydrogen) atoms. The number of nitrogens with zero attached hydrogens (tertiary/aromatic N) is 2. The van der Waals surface area contributed by atoms with Crippen molar-refractivity contribution in [3.05, 3.63) is 58.5 Å². The predicted molar refractivity (Wildman–Crippen MR) is 127 cm³/mol. The molecule has 0 aromatic heterocycles. The summed E-state index contributed by atoms with van der Waals surface area (Å²) in [5, 5.41) is 0. The zero-order chi connectivity index (χ0) is 23.0. The zero-order valence-electron chi connectivity index (χ0n) is 17.7. The Morgan fingerprint density at radius 3 is 2.50 bits per heavy atom. The number of methoxy groups -OCH3 is 2. The molecule has 0 spiro atoms. The third-order valence-corrected chi connectivity index (χ3v) is 6.55. The lowest BCUT2D eigenvalue weighted by atomic mass is 10.1. The van der Waals surface area contributed by atoms with E-state index in [0.717, 1.165) is 27.8 Å². The minimum atomic E-state index is -0.952. The first-order chi connectivity index (χ1) is 15.3. The summed E-state index contributed by atoms with van der Waals surface area (Å²) in [4.78, 5) is 41.7. The molecule has 2 heterocycles. The number of imide groups is 1. The van der Waals surface area contributed by atoms with Crippen molar-refractivity contribution in [2.75, 3.05) is 19.1 Å². The molecule has 2 aromatic carbocycles.